The second-order valence-electron chi connectivity index (χ2n) is 11.8. The number of fused-ring (bicyclic) bond motifs is 3. The van der Waals surface area contributed by atoms with Crippen LogP contribution in [0.3, 0.4) is 0 Å². The van der Waals surface area contributed by atoms with Gasteiger partial charge >= 0.3 is 0 Å². The Morgan fingerprint density at radius 2 is 1.67 bits per heavy atom. The molecule has 224 valence electrons. The van der Waals surface area contributed by atoms with Crippen LogP contribution in [0.15, 0.2) is 54.9 Å². The van der Waals surface area contributed by atoms with E-state index in [9.17, 15) is 0 Å². The smallest absolute Gasteiger partial charge is 0.258 e. The number of halogens is 2. The van der Waals surface area contributed by atoms with Crippen LogP contribution in [-0.2, 0) is 11.3 Å². The number of aromatic nitrogens is 6. The van der Waals surface area contributed by atoms with Crippen LogP contribution in [0.2, 0.25) is 10.0 Å². The van der Waals surface area contributed by atoms with E-state index in [0.29, 0.717) is 5.78 Å². The van der Waals surface area contributed by atoms with Crippen LogP contribution in [0.1, 0.15) is 56.1 Å². The molecule has 0 spiro atoms. The van der Waals surface area contributed by atoms with Crippen LogP contribution >= 0.6 is 23.2 Å². The van der Waals surface area contributed by atoms with Gasteiger partial charge in [0.15, 0.2) is 11.5 Å². The zero-order valence-electron chi connectivity index (χ0n) is 24.7. The average Bonchev–Trinajstić information content (AvgIpc) is 3.76. The molecule has 7 rings (SSSR count). The molecule has 2 saturated heterocycles. The van der Waals surface area contributed by atoms with E-state index in [1.165, 1.54) is 11.1 Å². The molecule has 3 aromatic heterocycles. The predicted molar refractivity (Wildman–Crippen MR) is 170 cm³/mol. The average molecular weight is 620 g/mol. The Morgan fingerprint density at radius 3 is 2.30 bits per heavy atom. The zero-order chi connectivity index (χ0) is 29.7. The number of hydrogen-bond acceptors (Lipinski definition) is 7. The van der Waals surface area contributed by atoms with Crippen LogP contribution in [0.25, 0.3) is 16.9 Å². The molecule has 9 nitrogen and oxygen atoms in total. The summed E-state index contributed by atoms with van der Waals surface area (Å²) in [5, 5.41) is 10.1. The first-order chi connectivity index (χ1) is 20.9. The number of nitrogens with zero attached hydrogens (tertiary/aromatic N) is 8. The first kappa shape index (κ1) is 28.5. The highest BCUT2D eigenvalue weighted by Gasteiger charge is 2.38. The third-order valence-electron chi connectivity index (χ3n) is 9.05. The molecular formula is C32H36Cl2N8O. The van der Waals surface area contributed by atoms with Crippen molar-refractivity contribution in [2.75, 3.05) is 24.6 Å². The second kappa shape index (κ2) is 11.7. The molecule has 2 aliphatic heterocycles. The minimum absolute atomic E-state index is 0.0592. The molecule has 0 saturated carbocycles. The first-order valence-corrected chi connectivity index (χ1v) is 15.9. The Labute approximate surface area is 261 Å². The molecule has 43 heavy (non-hydrogen) atoms. The van der Waals surface area contributed by atoms with Gasteiger partial charge in [0.2, 0.25) is 0 Å². The van der Waals surface area contributed by atoms with E-state index in [0.717, 1.165) is 78.4 Å². The van der Waals surface area contributed by atoms with Crippen molar-refractivity contribution in [3.05, 3.63) is 81.9 Å². The summed E-state index contributed by atoms with van der Waals surface area (Å²) in [7, 11) is 0. The number of aryl methyl sites for hydroxylation is 1. The van der Waals surface area contributed by atoms with Crippen molar-refractivity contribution in [2.45, 2.75) is 70.8 Å². The van der Waals surface area contributed by atoms with Crippen LogP contribution in [0, 0.1) is 6.92 Å². The summed E-state index contributed by atoms with van der Waals surface area (Å²) in [5.41, 5.74) is 4.27. The van der Waals surface area contributed by atoms with Gasteiger partial charge in [-0.05, 0) is 68.5 Å². The molecule has 2 aromatic carbocycles. The molecule has 0 N–H and O–H groups in total. The van der Waals surface area contributed by atoms with Gasteiger partial charge in [0, 0.05) is 41.8 Å². The highest BCUT2D eigenvalue weighted by Crippen LogP contribution is 2.38. The number of benzene rings is 2. The Balaban J connectivity index is 1.28. The van der Waals surface area contributed by atoms with Crippen molar-refractivity contribution in [2.24, 2.45) is 0 Å². The zero-order valence-corrected chi connectivity index (χ0v) is 26.2. The van der Waals surface area contributed by atoms with E-state index in [1.54, 1.807) is 6.33 Å². The number of imidazole rings is 1. The standard InChI is InChI=1S/C32H36Cl2N8O/c1-4-26-17-39(20(2)16-41(26)29(22-7-11-24(33)12-8-22)23-9-13-25(34)14-10-23)30-28-31(42-19-35-38-32(42)37-30)40(21(3)36-28)18-27-6-5-15-43-27/h7-14,19-20,26-27,29H,4-6,15-18H2,1-3H3/t20-,26+,27-/m0/s1. The molecule has 0 aliphatic carbocycles. The molecule has 11 heteroatoms. The van der Waals surface area contributed by atoms with Gasteiger partial charge in [0.05, 0.1) is 18.7 Å². The van der Waals surface area contributed by atoms with E-state index >= 15 is 0 Å². The van der Waals surface area contributed by atoms with Gasteiger partial charge in [-0.3, -0.25) is 4.90 Å². The Bertz CT molecular complexity index is 1680. The minimum atomic E-state index is 0.0592. The van der Waals surface area contributed by atoms with Crippen molar-refractivity contribution < 1.29 is 4.74 Å². The summed E-state index contributed by atoms with van der Waals surface area (Å²) < 4.78 is 10.2. The molecule has 5 heterocycles. The fraction of sp³-hybridized carbons (Fsp3) is 0.438. The topological polar surface area (TPSA) is 76.6 Å². The number of hydrogen-bond donors (Lipinski definition) is 0. The van der Waals surface area contributed by atoms with Gasteiger partial charge in [0.25, 0.3) is 5.78 Å². The molecule has 5 aromatic rings. The maximum atomic E-state index is 6.31. The molecule has 0 bridgehead atoms. The van der Waals surface area contributed by atoms with E-state index in [4.69, 9.17) is 37.9 Å². The molecule has 0 amide bonds. The number of anilines is 1. The molecule has 0 radical (unpaired) electrons. The highest BCUT2D eigenvalue weighted by atomic mass is 35.5. The van der Waals surface area contributed by atoms with E-state index < -0.39 is 0 Å². The van der Waals surface area contributed by atoms with Gasteiger partial charge in [0.1, 0.15) is 17.7 Å². The Morgan fingerprint density at radius 1 is 0.977 bits per heavy atom. The Kier molecular flexibility index (Phi) is 7.75. The molecule has 2 aliphatic rings. The van der Waals surface area contributed by atoms with Crippen molar-refractivity contribution >= 4 is 46.0 Å². The number of piperazine rings is 1. The van der Waals surface area contributed by atoms with Gasteiger partial charge in [-0.1, -0.05) is 54.4 Å². The Hall–Kier alpha value is -3.24. The van der Waals surface area contributed by atoms with Crippen molar-refractivity contribution in [3.63, 3.8) is 0 Å². The van der Waals surface area contributed by atoms with Crippen LogP contribution in [0.4, 0.5) is 5.82 Å². The summed E-state index contributed by atoms with van der Waals surface area (Å²) in [6.07, 6.45) is 5.05. The largest absolute Gasteiger partial charge is 0.376 e. The highest BCUT2D eigenvalue weighted by molar-refractivity contribution is 6.30. The molecule has 3 atom stereocenters. The second-order valence-corrected chi connectivity index (χ2v) is 12.7. The lowest BCUT2D eigenvalue weighted by Crippen LogP contribution is -2.58. The monoisotopic (exact) mass is 618 g/mol. The van der Waals surface area contributed by atoms with Crippen molar-refractivity contribution in [1.82, 2.24) is 34.0 Å². The molecule has 2 fully saturated rings. The van der Waals surface area contributed by atoms with Crippen LogP contribution in [-0.4, -0.2) is 71.9 Å². The van der Waals surface area contributed by atoms with E-state index in [-0.39, 0.29) is 24.2 Å². The van der Waals surface area contributed by atoms with Crippen molar-refractivity contribution in [1.29, 1.82) is 0 Å². The summed E-state index contributed by atoms with van der Waals surface area (Å²) in [4.78, 5) is 15.2. The van der Waals surface area contributed by atoms with Gasteiger partial charge in [-0.2, -0.15) is 4.98 Å². The fourth-order valence-corrected chi connectivity index (χ4v) is 7.12. The van der Waals surface area contributed by atoms with Crippen molar-refractivity contribution in [3.8, 4) is 0 Å². The minimum Gasteiger partial charge on any atom is -0.376 e. The normalized spacial score (nSPS) is 21.5. The maximum Gasteiger partial charge on any atom is 0.258 e. The quantitative estimate of drug-likeness (QED) is 0.210. The van der Waals surface area contributed by atoms with Gasteiger partial charge < -0.3 is 14.2 Å². The SMILES string of the molecule is CC[C@@H]1CN(c2nc3nncn3c3c2nc(C)n3C[C@@H]2CCCO2)[C@@H](C)CN1C(c1ccc(Cl)cc1)c1ccc(Cl)cc1. The summed E-state index contributed by atoms with van der Waals surface area (Å²) in [6, 6.07) is 16.9. The first-order valence-electron chi connectivity index (χ1n) is 15.1. The lowest BCUT2D eigenvalue weighted by molar-refractivity contribution is 0.0972. The number of ether oxygens (including phenoxy) is 1. The van der Waals surface area contributed by atoms with E-state index in [2.05, 4.69) is 69.6 Å². The summed E-state index contributed by atoms with van der Waals surface area (Å²) in [5.74, 6) is 2.39. The third-order valence-corrected chi connectivity index (χ3v) is 9.55. The third kappa shape index (κ3) is 5.26. The van der Waals surface area contributed by atoms with Crippen LogP contribution < -0.4 is 4.90 Å². The van der Waals surface area contributed by atoms with Gasteiger partial charge in [-0.15, -0.1) is 10.2 Å². The van der Waals surface area contributed by atoms with Crippen LogP contribution in [0.5, 0.6) is 0 Å². The summed E-state index contributed by atoms with van der Waals surface area (Å²) >= 11 is 12.6. The lowest BCUT2D eigenvalue weighted by Gasteiger charge is -2.49. The molecular weight excluding hydrogens is 583 g/mol. The number of rotatable bonds is 7. The predicted octanol–water partition coefficient (Wildman–Crippen LogP) is 6.35. The lowest BCUT2D eigenvalue weighted by atomic mass is 9.92. The van der Waals surface area contributed by atoms with E-state index in [1.807, 2.05) is 28.7 Å². The maximum absolute atomic E-state index is 6.31. The van der Waals surface area contributed by atoms with Gasteiger partial charge in [-0.25, -0.2) is 9.38 Å². The molecule has 0 unspecified atom stereocenters. The summed E-state index contributed by atoms with van der Waals surface area (Å²) in [6.45, 7) is 9.82. The fourth-order valence-electron chi connectivity index (χ4n) is 6.87.